The highest BCUT2D eigenvalue weighted by Crippen LogP contribution is 2.28. The lowest BCUT2D eigenvalue weighted by atomic mass is 10.1. The van der Waals surface area contributed by atoms with Crippen LogP contribution >= 0.6 is 0 Å². The van der Waals surface area contributed by atoms with Crippen molar-refractivity contribution in [1.29, 1.82) is 0 Å². The van der Waals surface area contributed by atoms with Crippen LogP contribution in [0.5, 0.6) is 5.75 Å². The van der Waals surface area contributed by atoms with Crippen LogP contribution in [0.15, 0.2) is 48.5 Å². The van der Waals surface area contributed by atoms with Crippen LogP contribution in [0.3, 0.4) is 0 Å². The molecule has 1 N–H and O–H groups in total. The first-order valence-electron chi connectivity index (χ1n) is 8.90. The molecular weight excluding hydrogens is 328 g/mol. The quantitative estimate of drug-likeness (QED) is 0.900. The monoisotopic (exact) mass is 352 g/mol. The third kappa shape index (κ3) is 3.87. The molecule has 136 valence electrons. The smallest absolute Gasteiger partial charge is 0.243 e. The van der Waals surface area contributed by atoms with E-state index in [4.69, 9.17) is 4.74 Å². The van der Waals surface area contributed by atoms with Crippen molar-refractivity contribution in [2.45, 2.75) is 38.8 Å². The number of para-hydroxylation sites is 1. The highest BCUT2D eigenvalue weighted by molar-refractivity contribution is 6.01. The van der Waals surface area contributed by atoms with Gasteiger partial charge in [0.15, 0.2) is 0 Å². The molecule has 0 radical (unpaired) electrons. The number of amides is 2. The number of benzene rings is 2. The Morgan fingerprint density at radius 1 is 1.15 bits per heavy atom. The Morgan fingerprint density at radius 3 is 2.62 bits per heavy atom. The second-order valence-electron chi connectivity index (χ2n) is 6.49. The van der Waals surface area contributed by atoms with Crippen molar-refractivity contribution >= 4 is 17.5 Å². The number of methoxy groups -OCH3 is 1. The predicted octanol–water partition coefficient (Wildman–Crippen LogP) is 3.07. The summed E-state index contributed by atoms with van der Waals surface area (Å²) in [7, 11) is 1.62. The van der Waals surface area contributed by atoms with E-state index in [-0.39, 0.29) is 11.8 Å². The zero-order valence-electron chi connectivity index (χ0n) is 15.2. The Hall–Kier alpha value is -2.82. The van der Waals surface area contributed by atoms with Crippen LogP contribution in [0.25, 0.3) is 0 Å². The molecule has 0 unspecified atom stereocenters. The molecule has 0 saturated carbocycles. The summed E-state index contributed by atoms with van der Waals surface area (Å²) in [4.78, 5) is 26.9. The lowest BCUT2D eigenvalue weighted by Gasteiger charge is -2.28. The van der Waals surface area contributed by atoms with Gasteiger partial charge in [-0.15, -0.1) is 0 Å². The highest BCUT2D eigenvalue weighted by atomic mass is 16.5. The van der Waals surface area contributed by atoms with Gasteiger partial charge < -0.3 is 10.1 Å². The average molecular weight is 352 g/mol. The van der Waals surface area contributed by atoms with Crippen molar-refractivity contribution in [3.8, 4) is 5.75 Å². The summed E-state index contributed by atoms with van der Waals surface area (Å²) in [6, 6.07) is 14.8. The Labute approximate surface area is 154 Å². The first-order valence-corrected chi connectivity index (χ1v) is 8.90. The number of carbonyl (C=O) groups is 2. The van der Waals surface area contributed by atoms with Crippen LogP contribution in [0.1, 0.15) is 30.9 Å². The molecule has 2 amide bonds. The summed E-state index contributed by atoms with van der Waals surface area (Å²) in [6.07, 6.45) is 2.13. The molecule has 0 aromatic heterocycles. The molecule has 0 fully saturated rings. The van der Waals surface area contributed by atoms with Gasteiger partial charge in [-0.3, -0.25) is 14.5 Å². The Kier molecular flexibility index (Phi) is 5.56. The Balaban J connectivity index is 1.71. The number of hydrogen-bond acceptors (Lipinski definition) is 3. The highest BCUT2D eigenvalue weighted by Gasteiger charge is 2.30. The number of carbonyl (C=O) groups excluding carboxylic acids is 2. The molecule has 5 nitrogen and oxygen atoms in total. The van der Waals surface area contributed by atoms with Crippen molar-refractivity contribution in [3.63, 3.8) is 0 Å². The molecule has 5 heteroatoms. The van der Waals surface area contributed by atoms with Gasteiger partial charge in [-0.05, 0) is 49.1 Å². The van der Waals surface area contributed by atoms with E-state index in [0.29, 0.717) is 13.0 Å². The molecule has 0 saturated heterocycles. The Bertz CT molecular complexity index is 786. The van der Waals surface area contributed by atoms with E-state index >= 15 is 0 Å². The first-order chi connectivity index (χ1) is 12.6. The van der Waals surface area contributed by atoms with E-state index in [2.05, 4.69) is 5.32 Å². The largest absolute Gasteiger partial charge is 0.497 e. The standard InChI is InChI=1S/C21H24N2O3/c1-15(21(25)22-14-16-10-12-18(26-2)13-11-16)23-19-8-4-3-6-17(19)7-5-9-20(23)24/h3-4,6,8,10-13,15H,5,7,9,14H2,1-2H3,(H,22,25)/t15-/m1/s1. The minimum atomic E-state index is -0.556. The lowest BCUT2D eigenvalue weighted by Crippen LogP contribution is -2.48. The predicted molar refractivity (Wildman–Crippen MR) is 101 cm³/mol. The number of nitrogens with one attached hydrogen (secondary N) is 1. The molecule has 1 aliphatic heterocycles. The summed E-state index contributed by atoms with van der Waals surface area (Å²) >= 11 is 0. The van der Waals surface area contributed by atoms with E-state index in [1.54, 1.807) is 18.9 Å². The minimum Gasteiger partial charge on any atom is -0.497 e. The maximum absolute atomic E-state index is 12.7. The number of fused-ring (bicyclic) bond motifs is 1. The van der Waals surface area contributed by atoms with Crippen LogP contribution in [-0.2, 0) is 22.6 Å². The molecular formula is C21H24N2O3. The maximum Gasteiger partial charge on any atom is 0.243 e. The lowest BCUT2D eigenvalue weighted by molar-refractivity contribution is -0.126. The molecule has 1 atom stereocenters. The summed E-state index contributed by atoms with van der Waals surface area (Å²) < 4.78 is 5.14. The number of anilines is 1. The van der Waals surface area contributed by atoms with Gasteiger partial charge in [0, 0.05) is 18.7 Å². The number of aryl methyl sites for hydroxylation is 1. The second-order valence-corrected chi connectivity index (χ2v) is 6.49. The van der Waals surface area contributed by atoms with Crippen molar-refractivity contribution < 1.29 is 14.3 Å². The molecule has 2 aromatic carbocycles. The van der Waals surface area contributed by atoms with Crippen LogP contribution in [0.4, 0.5) is 5.69 Å². The van der Waals surface area contributed by atoms with Crippen molar-refractivity contribution in [2.75, 3.05) is 12.0 Å². The van der Waals surface area contributed by atoms with Gasteiger partial charge in [-0.1, -0.05) is 30.3 Å². The molecule has 1 heterocycles. The zero-order chi connectivity index (χ0) is 18.5. The van der Waals surface area contributed by atoms with E-state index < -0.39 is 6.04 Å². The van der Waals surface area contributed by atoms with Crippen LogP contribution in [0, 0.1) is 0 Å². The van der Waals surface area contributed by atoms with Crippen molar-refractivity contribution in [3.05, 3.63) is 59.7 Å². The third-order valence-electron chi connectivity index (χ3n) is 4.75. The molecule has 3 rings (SSSR count). The fourth-order valence-electron chi connectivity index (χ4n) is 3.26. The van der Waals surface area contributed by atoms with Crippen LogP contribution < -0.4 is 15.0 Å². The molecule has 0 bridgehead atoms. The zero-order valence-corrected chi connectivity index (χ0v) is 15.2. The van der Waals surface area contributed by atoms with Gasteiger partial charge >= 0.3 is 0 Å². The van der Waals surface area contributed by atoms with Gasteiger partial charge in [-0.25, -0.2) is 0 Å². The van der Waals surface area contributed by atoms with Crippen molar-refractivity contribution in [1.82, 2.24) is 5.32 Å². The van der Waals surface area contributed by atoms with Crippen molar-refractivity contribution in [2.24, 2.45) is 0 Å². The molecule has 0 aliphatic carbocycles. The van der Waals surface area contributed by atoms with Gasteiger partial charge in [0.1, 0.15) is 11.8 Å². The van der Waals surface area contributed by atoms with E-state index in [9.17, 15) is 9.59 Å². The van der Waals surface area contributed by atoms with Gasteiger partial charge in [0.05, 0.1) is 7.11 Å². The summed E-state index contributed by atoms with van der Waals surface area (Å²) in [5.41, 5.74) is 2.95. The van der Waals surface area contributed by atoms with Gasteiger partial charge in [0.25, 0.3) is 0 Å². The normalized spacial score (nSPS) is 15.0. The fraction of sp³-hybridized carbons (Fsp3) is 0.333. The third-order valence-corrected chi connectivity index (χ3v) is 4.75. The van der Waals surface area contributed by atoms with Crippen LogP contribution in [0.2, 0.25) is 0 Å². The van der Waals surface area contributed by atoms with E-state index in [1.807, 2.05) is 48.5 Å². The topological polar surface area (TPSA) is 58.6 Å². The summed E-state index contributed by atoms with van der Waals surface area (Å²) in [5, 5.41) is 2.93. The fourth-order valence-corrected chi connectivity index (χ4v) is 3.26. The average Bonchev–Trinajstić information content (AvgIpc) is 2.84. The molecule has 0 spiro atoms. The van der Waals surface area contributed by atoms with Gasteiger partial charge in [0.2, 0.25) is 11.8 Å². The minimum absolute atomic E-state index is 0.00190. The second kappa shape index (κ2) is 8.04. The first kappa shape index (κ1) is 18.0. The molecule has 2 aromatic rings. The molecule has 1 aliphatic rings. The Morgan fingerprint density at radius 2 is 1.88 bits per heavy atom. The maximum atomic E-state index is 12.7. The van der Waals surface area contributed by atoms with E-state index in [0.717, 1.165) is 35.4 Å². The number of hydrogen-bond donors (Lipinski definition) is 1. The number of rotatable bonds is 5. The van der Waals surface area contributed by atoms with Crippen LogP contribution in [-0.4, -0.2) is 25.0 Å². The molecule has 26 heavy (non-hydrogen) atoms. The SMILES string of the molecule is COc1ccc(CNC(=O)[C@@H](C)N2C(=O)CCCc3ccccc32)cc1. The summed E-state index contributed by atoms with van der Waals surface area (Å²) in [5.74, 6) is 0.619. The number of nitrogens with zero attached hydrogens (tertiary/aromatic N) is 1. The summed E-state index contributed by atoms with van der Waals surface area (Å²) in [6.45, 7) is 2.19. The van der Waals surface area contributed by atoms with Gasteiger partial charge in [-0.2, -0.15) is 0 Å². The number of ether oxygens (including phenoxy) is 1. The van der Waals surface area contributed by atoms with E-state index in [1.165, 1.54) is 0 Å².